The van der Waals surface area contributed by atoms with Gasteiger partial charge in [-0.1, -0.05) is 19.9 Å². The van der Waals surface area contributed by atoms with Crippen molar-refractivity contribution < 1.29 is 0 Å². The van der Waals surface area contributed by atoms with Crippen molar-refractivity contribution in [2.24, 2.45) is 5.92 Å². The number of hydrogen-bond acceptors (Lipinski definition) is 4. The number of hydrogen-bond donors (Lipinski definition) is 0. The molecule has 0 aliphatic heterocycles. The van der Waals surface area contributed by atoms with Gasteiger partial charge < -0.3 is 0 Å². The van der Waals surface area contributed by atoms with E-state index in [-0.39, 0.29) is 22.4 Å². The Hall–Kier alpha value is -2.94. The number of nitriles is 1. The summed E-state index contributed by atoms with van der Waals surface area (Å²) in [5.41, 5.74) is 0.0731. The van der Waals surface area contributed by atoms with Crippen LogP contribution in [0.4, 0.5) is 0 Å². The Kier molecular flexibility index (Phi) is 3.26. The Morgan fingerprint density at radius 1 is 1.27 bits per heavy atom. The Balaban J connectivity index is 2.55. The first kappa shape index (κ1) is 14.0. The molecule has 0 saturated heterocycles. The second kappa shape index (κ2) is 5.11. The molecule has 0 aromatic carbocycles. The first-order valence-corrected chi connectivity index (χ1v) is 6.98. The van der Waals surface area contributed by atoms with Crippen molar-refractivity contribution >= 4 is 16.7 Å². The summed E-state index contributed by atoms with van der Waals surface area (Å²) in [7, 11) is 0. The van der Waals surface area contributed by atoms with Crippen LogP contribution < -0.4 is 11.1 Å². The molecule has 0 spiro atoms. The highest BCUT2D eigenvalue weighted by atomic mass is 16.1. The minimum atomic E-state index is -0.407. The Labute approximate surface area is 125 Å². The van der Waals surface area contributed by atoms with Gasteiger partial charge in [-0.15, -0.1) is 0 Å². The zero-order valence-corrected chi connectivity index (χ0v) is 12.3. The van der Waals surface area contributed by atoms with Gasteiger partial charge in [-0.25, -0.2) is 4.98 Å². The molecule has 6 nitrogen and oxygen atoms in total. The van der Waals surface area contributed by atoms with Crippen LogP contribution in [0, 0.1) is 17.2 Å². The largest absolute Gasteiger partial charge is 0.291 e. The normalized spacial score (nSPS) is 11.2. The highest BCUT2D eigenvalue weighted by Crippen LogP contribution is 2.11. The second-order valence-electron chi connectivity index (χ2n) is 5.56. The quantitative estimate of drug-likeness (QED) is 0.671. The van der Waals surface area contributed by atoms with Crippen LogP contribution in [0.3, 0.4) is 0 Å². The zero-order valence-electron chi connectivity index (χ0n) is 12.3. The molecule has 3 aromatic rings. The number of rotatable bonds is 2. The van der Waals surface area contributed by atoms with Gasteiger partial charge in [0.15, 0.2) is 5.65 Å². The molecule has 0 fully saturated rings. The summed E-state index contributed by atoms with van der Waals surface area (Å²) in [4.78, 5) is 29.4. The molecule has 0 aliphatic carbocycles. The topological polar surface area (TPSA) is 80.2 Å². The lowest BCUT2D eigenvalue weighted by molar-refractivity contribution is 0.520. The molecule has 0 unspecified atom stereocenters. The smallest absolute Gasteiger partial charge is 0.270 e. The first-order valence-electron chi connectivity index (χ1n) is 6.98. The summed E-state index contributed by atoms with van der Waals surface area (Å²) in [6.07, 6.45) is 1.62. The maximum Gasteiger partial charge on any atom is 0.270 e. The van der Waals surface area contributed by atoms with E-state index in [1.807, 2.05) is 19.9 Å². The Bertz CT molecular complexity index is 1040. The van der Waals surface area contributed by atoms with Gasteiger partial charge in [0.05, 0.1) is 5.39 Å². The fraction of sp³-hybridized carbons (Fsp3) is 0.250. The van der Waals surface area contributed by atoms with Gasteiger partial charge >= 0.3 is 0 Å². The molecular formula is C16H14N4O2. The Morgan fingerprint density at radius 3 is 2.73 bits per heavy atom. The van der Waals surface area contributed by atoms with Crippen molar-refractivity contribution in [3.63, 3.8) is 0 Å². The monoisotopic (exact) mass is 294 g/mol. The first-order chi connectivity index (χ1) is 10.5. The minimum absolute atomic E-state index is 0.0390. The highest BCUT2D eigenvalue weighted by molar-refractivity contribution is 5.77. The summed E-state index contributed by atoms with van der Waals surface area (Å²) in [6, 6.07) is 8.43. The molecule has 0 N–H and O–H groups in total. The summed E-state index contributed by atoms with van der Waals surface area (Å²) in [6.45, 7) is 4.33. The van der Waals surface area contributed by atoms with E-state index in [1.165, 1.54) is 15.0 Å². The molecule has 110 valence electrons. The lowest BCUT2D eigenvalue weighted by Crippen LogP contribution is -2.28. The lowest BCUT2D eigenvalue weighted by Gasteiger charge is -2.13. The second-order valence-corrected chi connectivity index (χ2v) is 5.56. The lowest BCUT2D eigenvalue weighted by atomic mass is 10.2. The van der Waals surface area contributed by atoms with Gasteiger partial charge in [-0.3, -0.25) is 18.6 Å². The van der Waals surface area contributed by atoms with E-state index < -0.39 is 5.56 Å². The molecule has 0 saturated carbocycles. The van der Waals surface area contributed by atoms with Gasteiger partial charge in [0.2, 0.25) is 0 Å². The summed E-state index contributed by atoms with van der Waals surface area (Å²) < 4.78 is 2.83. The summed E-state index contributed by atoms with van der Waals surface area (Å²) >= 11 is 0. The van der Waals surface area contributed by atoms with Crippen molar-refractivity contribution in [2.75, 3.05) is 0 Å². The highest BCUT2D eigenvalue weighted by Gasteiger charge is 2.15. The number of fused-ring (bicyclic) bond motifs is 2. The van der Waals surface area contributed by atoms with Crippen LogP contribution in [0.25, 0.3) is 16.7 Å². The van der Waals surface area contributed by atoms with Gasteiger partial charge in [0.25, 0.3) is 11.1 Å². The van der Waals surface area contributed by atoms with Crippen molar-refractivity contribution in [1.29, 1.82) is 5.26 Å². The predicted molar refractivity (Wildman–Crippen MR) is 82.8 cm³/mol. The van der Waals surface area contributed by atoms with Crippen LogP contribution in [0.1, 0.15) is 19.4 Å². The van der Waals surface area contributed by atoms with E-state index in [0.717, 1.165) is 0 Å². The van der Waals surface area contributed by atoms with E-state index in [1.54, 1.807) is 24.4 Å². The molecule has 0 atom stereocenters. The van der Waals surface area contributed by atoms with Crippen molar-refractivity contribution in [3.8, 4) is 6.07 Å². The van der Waals surface area contributed by atoms with Crippen LogP contribution >= 0.6 is 0 Å². The minimum Gasteiger partial charge on any atom is -0.291 e. The SMILES string of the molecule is CC(C)Cn1c(=O)c(C#N)cc2c(=O)n3ccccc3nc21. The van der Waals surface area contributed by atoms with Crippen molar-refractivity contribution in [1.82, 2.24) is 14.0 Å². The zero-order chi connectivity index (χ0) is 15.9. The molecule has 0 aliphatic rings. The van der Waals surface area contributed by atoms with E-state index in [4.69, 9.17) is 5.26 Å². The average Bonchev–Trinajstić information content (AvgIpc) is 2.50. The van der Waals surface area contributed by atoms with Crippen LogP contribution in [0.5, 0.6) is 0 Å². The van der Waals surface area contributed by atoms with E-state index >= 15 is 0 Å². The Morgan fingerprint density at radius 2 is 2.05 bits per heavy atom. The third kappa shape index (κ3) is 2.07. The fourth-order valence-electron chi connectivity index (χ4n) is 2.49. The maximum atomic E-state index is 12.6. The molecule has 3 rings (SSSR count). The van der Waals surface area contributed by atoms with E-state index in [0.29, 0.717) is 17.8 Å². The van der Waals surface area contributed by atoms with Gasteiger partial charge in [0.1, 0.15) is 17.3 Å². The summed E-state index contributed by atoms with van der Waals surface area (Å²) in [5, 5.41) is 9.43. The van der Waals surface area contributed by atoms with Crippen LogP contribution in [-0.4, -0.2) is 14.0 Å². The third-order valence-electron chi connectivity index (χ3n) is 3.44. The molecule has 0 amide bonds. The summed E-state index contributed by atoms with van der Waals surface area (Å²) in [5.74, 6) is 0.186. The fourth-order valence-corrected chi connectivity index (χ4v) is 2.49. The van der Waals surface area contributed by atoms with Crippen molar-refractivity contribution in [2.45, 2.75) is 20.4 Å². The molecule has 0 radical (unpaired) electrons. The van der Waals surface area contributed by atoms with Crippen LogP contribution in [0.15, 0.2) is 40.1 Å². The molecule has 3 aromatic heterocycles. The van der Waals surface area contributed by atoms with E-state index in [9.17, 15) is 9.59 Å². The molecular weight excluding hydrogens is 280 g/mol. The molecule has 6 heteroatoms. The van der Waals surface area contributed by atoms with Crippen molar-refractivity contribution in [3.05, 3.63) is 56.7 Å². The maximum absolute atomic E-state index is 12.6. The number of pyridine rings is 2. The van der Waals surface area contributed by atoms with Gasteiger partial charge in [-0.2, -0.15) is 5.26 Å². The number of aromatic nitrogens is 3. The molecule has 22 heavy (non-hydrogen) atoms. The molecule has 3 heterocycles. The predicted octanol–water partition coefficient (Wildman–Crippen LogP) is 1.54. The molecule has 0 bridgehead atoms. The van der Waals surface area contributed by atoms with Gasteiger partial charge in [0, 0.05) is 12.7 Å². The van der Waals surface area contributed by atoms with E-state index in [2.05, 4.69) is 4.98 Å². The standard InChI is InChI=1S/C16H14N4O2/c1-10(2)9-20-14-12(7-11(8-17)15(20)21)16(22)19-6-4-3-5-13(19)18-14/h3-7,10H,9H2,1-2H3. The number of nitrogens with zero attached hydrogens (tertiary/aromatic N) is 4. The average molecular weight is 294 g/mol. The van der Waals surface area contributed by atoms with Crippen LogP contribution in [-0.2, 0) is 6.54 Å². The third-order valence-corrected chi connectivity index (χ3v) is 3.44. The van der Waals surface area contributed by atoms with Crippen LogP contribution in [0.2, 0.25) is 0 Å². The van der Waals surface area contributed by atoms with Gasteiger partial charge in [-0.05, 0) is 24.1 Å².